The molecule has 1 aromatic carbocycles. The molecule has 1 atom stereocenters. The van der Waals surface area contributed by atoms with Gasteiger partial charge >= 0.3 is 0 Å². The van der Waals surface area contributed by atoms with E-state index in [1.54, 1.807) is 0 Å². The van der Waals surface area contributed by atoms with E-state index in [1.807, 2.05) is 11.8 Å². The molecule has 0 saturated heterocycles. The van der Waals surface area contributed by atoms with Crippen molar-refractivity contribution in [1.82, 2.24) is 5.32 Å². The summed E-state index contributed by atoms with van der Waals surface area (Å²) in [7, 11) is 0. The van der Waals surface area contributed by atoms with Crippen molar-refractivity contribution >= 4 is 11.8 Å². The summed E-state index contributed by atoms with van der Waals surface area (Å²) in [5.41, 5.74) is 1.20. The summed E-state index contributed by atoms with van der Waals surface area (Å²) < 4.78 is 6.46. The molecular formula is C18H29NOS. The minimum Gasteiger partial charge on any atom is -0.487 e. The maximum absolute atomic E-state index is 6.12. The Morgan fingerprint density at radius 1 is 1.29 bits per heavy atom. The zero-order valence-corrected chi connectivity index (χ0v) is 14.8. The van der Waals surface area contributed by atoms with E-state index in [1.165, 1.54) is 18.4 Å². The molecule has 118 valence electrons. The molecule has 2 nitrogen and oxygen atoms in total. The lowest BCUT2D eigenvalue weighted by atomic mass is 9.89. The third-order valence-corrected chi connectivity index (χ3v) is 6.36. The minimum atomic E-state index is -0.105. The molecule has 0 amide bonds. The van der Waals surface area contributed by atoms with Crippen LogP contribution in [-0.4, -0.2) is 23.1 Å². The van der Waals surface area contributed by atoms with Gasteiger partial charge in [0.25, 0.3) is 0 Å². The summed E-state index contributed by atoms with van der Waals surface area (Å²) in [4.78, 5) is 0. The molecule has 3 heteroatoms. The maximum atomic E-state index is 6.12. The van der Waals surface area contributed by atoms with Crippen molar-refractivity contribution in [3.8, 4) is 5.75 Å². The lowest BCUT2D eigenvalue weighted by Crippen LogP contribution is -2.44. The summed E-state index contributed by atoms with van der Waals surface area (Å²) in [5.74, 6) is 1.04. The summed E-state index contributed by atoms with van der Waals surface area (Å²) in [6, 6.07) is 8.83. The predicted molar refractivity (Wildman–Crippen MR) is 93.3 cm³/mol. The maximum Gasteiger partial charge on any atom is 0.124 e. The Kier molecular flexibility index (Phi) is 5.26. The molecule has 1 heterocycles. The monoisotopic (exact) mass is 307 g/mol. The second kappa shape index (κ2) is 6.62. The van der Waals surface area contributed by atoms with Gasteiger partial charge in [-0.05, 0) is 39.0 Å². The zero-order valence-electron chi connectivity index (χ0n) is 14.0. The first-order valence-corrected chi connectivity index (χ1v) is 9.24. The minimum absolute atomic E-state index is 0.105. The molecule has 0 bridgehead atoms. The lowest BCUT2D eigenvalue weighted by Gasteiger charge is -2.40. The molecular weight excluding hydrogens is 278 g/mol. The van der Waals surface area contributed by atoms with Gasteiger partial charge in [-0.25, -0.2) is 0 Å². The van der Waals surface area contributed by atoms with Gasteiger partial charge in [0, 0.05) is 29.3 Å². The van der Waals surface area contributed by atoms with E-state index in [9.17, 15) is 0 Å². The number of nitrogens with one attached hydrogen (secondary N) is 1. The van der Waals surface area contributed by atoms with Crippen molar-refractivity contribution in [2.24, 2.45) is 0 Å². The number of hydrogen-bond donors (Lipinski definition) is 1. The van der Waals surface area contributed by atoms with Gasteiger partial charge in [0.2, 0.25) is 0 Å². The van der Waals surface area contributed by atoms with Crippen LogP contribution in [0.15, 0.2) is 24.3 Å². The smallest absolute Gasteiger partial charge is 0.124 e. The second-order valence-corrected chi connectivity index (χ2v) is 7.91. The molecule has 1 aromatic rings. The highest BCUT2D eigenvalue weighted by atomic mass is 32.2. The zero-order chi connectivity index (χ0) is 15.5. The molecule has 0 fully saturated rings. The Balaban J connectivity index is 2.16. The predicted octanol–water partition coefficient (Wildman–Crippen LogP) is 4.80. The SMILES string of the molecule is CCC(CC)(CNC1CC(C)(C)Oc2ccccc21)SC. The number of hydrogen-bond acceptors (Lipinski definition) is 3. The fourth-order valence-electron chi connectivity index (χ4n) is 3.15. The highest BCUT2D eigenvalue weighted by Crippen LogP contribution is 2.40. The normalized spacial score (nSPS) is 20.7. The van der Waals surface area contributed by atoms with E-state index >= 15 is 0 Å². The number of ether oxygens (including phenoxy) is 1. The van der Waals surface area contributed by atoms with Crippen molar-refractivity contribution < 1.29 is 4.74 Å². The lowest BCUT2D eigenvalue weighted by molar-refractivity contribution is 0.0655. The third-order valence-electron chi connectivity index (χ3n) is 4.77. The molecule has 1 unspecified atom stereocenters. The summed E-state index contributed by atoms with van der Waals surface area (Å²) >= 11 is 1.99. The molecule has 1 N–H and O–H groups in total. The van der Waals surface area contributed by atoms with E-state index in [0.29, 0.717) is 10.8 Å². The van der Waals surface area contributed by atoms with Crippen LogP contribution in [0.4, 0.5) is 0 Å². The molecule has 0 radical (unpaired) electrons. The van der Waals surface area contributed by atoms with Crippen molar-refractivity contribution in [2.75, 3.05) is 12.8 Å². The van der Waals surface area contributed by atoms with Crippen molar-refractivity contribution in [3.63, 3.8) is 0 Å². The summed E-state index contributed by atoms with van der Waals surface area (Å²) in [6.45, 7) is 10.0. The first-order chi connectivity index (χ1) is 9.95. The Labute approximate surface area is 134 Å². The molecule has 1 aliphatic rings. The van der Waals surface area contributed by atoms with Crippen molar-refractivity contribution in [3.05, 3.63) is 29.8 Å². The fourth-order valence-corrected chi connectivity index (χ4v) is 3.96. The molecule has 2 rings (SSSR count). The van der Waals surface area contributed by atoms with Crippen molar-refractivity contribution in [1.29, 1.82) is 0 Å². The van der Waals surface area contributed by atoms with Crippen molar-refractivity contribution in [2.45, 2.75) is 63.3 Å². The number of para-hydroxylation sites is 1. The van der Waals surface area contributed by atoms with Crippen LogP contribution >= 0.6 is 11.8 Å². The largest absolute Gasteiger partial charge is 0.487 e. The summed E-state index contributed by atoms with van der Waals surface area (Å²) in [6.07, 6.45) is 5.65. The van der Waals surface area contributed by atoms with Gasteiger partial charge in [-0.15, -0.1) is 0 Å². The molecule has 0 saturated carbocycles. The first-order valence-electron chi connectivity index (χ1n) is 8.02. The Bertz CT molecular complexity index is 460. The molecule has 21 heavy (non-hydrogen) atoms. The van der Waals surface area contributed by atoms with Crippen LogP contribution < -0.4 is 10.1 Å². The highest BCUT2D eigenvalue weighted by molar-refractivity contribution is 8.00. The van der Waals surface area contributed by atoms with Crippen LogP contribution in [0.2, 0.25) is 0 Å². The topological polar surface area (TPSA) is 21.3 Å². The standard InChI is InChI=1S/C18H29NOS/c1-6-18(7-2,21-5)13-19-15-12-17(3,4)20-16-11-9-8-10-14(15)16/h8-11,15,19H,6-7,12-13H2,1-5H3. The van der Waals surface area contributed by atoms with E-state index in [-0.39, 0.29) is 5.60 Å². The molecule has 1 aliphatic heterocycles. The quantitative estimate of drug-likeness (QED) is 0.815. The Morgan fingerprint density at radius 2 is 1.95 bits per heavy atom. The summed E-state index contributed by atoms with van der Waals surface area (Å²) in [5, 5.41) is 3.83. The van der Waals surface area contributed by atoms with Crippen LogP contribution in [0.5, 0.6) is 5.75 Å². The van der Waals surface area contributed by atoms with Gasteiger partial charge < -0.3 is 10.1 Å². The van der Waals surface area contributed by atoms with Gasteiger partial charge in [0.1, 0.15) is 11.4 Å². The van der Waals surface area contributed by atoms with E-state index in [2.05, 4.69) is 63.5 Å². The first kappa shape index (κ1) is 16.7. The average Bonchev–Trinajstić information content (AvgIpc) is 2.48. The number of thioether (sulfide) groups is 1. The van der Waals surface area contributed by atoms with Gasteiger partial charge in [-0.2, -0.15) is 11.8 Å². The van der Waals surface area contributed by atoms with Gasteiger partial charge in [-0.1, -0.05) is 32.0 Å². The number of rotatable bonds is 6. The van der Waals surface area contributed by atoms with E-state index in [4.69, 9.17) is 4.74 Å². The molecule has 0 spiro atoms. The third kappa shape index (κ3) is 3.75. The van der Waals surface area contributed by atoms with Crippen LogP contribution in [0.3, 0.4) is 0 Å². The second-order valence-electron chi connectivity index (χ2n) is 6.63. The van der Waals surface area contributed by atoms with Crippen LogP contribution in [0.25, 0.3) is 0 Å². The van der Waals surface area contributed by atoms with Crippen LogP contribution in [-0.2, 0) is 0 Å². The Morgan fingerprint density at radius 3 is 2.57 bits per heavy atom. The fraction of sp³-hybridized carbons (Fsp3) is 0.667. The molecule has 0 aromatic heterocycles. The molecule has 0 aliphatic carbocycles. The average molecular weight is 308 g/mol. The van der Waals surface area contributed by atoms with E-state index in [0.717, 1.165) is 18.7 Å². The van der Waals surface area contributed by atoms with Gasteiger partial charge in [0.05, 0.1) is 0 Å². The van der Waals surface area contributed by atoms with E-state index < -0.39 is 0 Å². The Hall–Kier alpha value is -0.670. The number of fused-ring (bicyclic) bond motifs is 1. The number of benzene rings is 1. The van der Waals surface area contributed by atoms with Gasteiger partial charge in [0.15, 0.2) is 0 Å². The van der Waals surface area contributed by atoms with Crippen LogP contribution in [0, 0.1) is 0 Å². The van der Waals surface area contributed by atoms with Gasteiger partial charge in [-0.3, -0.25) is 0 Å². The highest BCUT2D eigenvalue weighted by Gasteiger charge is 2.35. The van der Waals surface area contributed by atoms with Crippen LogP contribution in [0.1, 0.15) is 58.6 Å².